The number of benzene rings is 2. The number of pyridine rings is 1. The van der Waals surface area contributed by atoms with Crippen molar-refractivity contribution >= 4 is 16.6 Å². The van der Waals surface area contributed by atoms with Gasteiger partial charge in [0.1, 0.15) is 16.8 Å². The number of hydrogen-bond acceptors (Lipinski definition) is 2. The standard InChI is InChI=1S/C18H18N2O.ClH/c1-13-7-8-16(21)17-15(10-12-20-18(13)17)19-11-9-14-5-3-2-4-6-14;/h2-8,10,12,21H,9,11H2,1H3,(H,19,20);1H. The third-order valence-electron chi connectivity index (χ3n) is 3.74. The van der Waals surface area contributed by atoms with Crippen LogP contribution in [0.25, 0.3) is 10.9 Å². The van der Waals surface area contributed by atoms with E-state index in [0.29, 0.717) is 5.75 Å². The maximum absolute atomic E-state index is 10.1. The Balaban J connectivity index is 0.00000176. The Morgan fingerprint density at radius 2 is 1.82 bits per heavy atom. The zero-order valence-electron chi connectivity index (χ0n) is 12.5. The normalized spacial score (nSPS) is 10.4. The molecule has 4 heteroatoms. The van der Waals surface area contributed by atoms with Crippen LogP contribution in [0.3, 0.4) is 0 Å². The summed E-state index contributed by atoms with van der Waals surface area (Å²) in [6.07, 6.45) is 2.81. The van der Waals surface area contributed by atoms with Crippen LogP contribution in [0.2, 0.25) is 0 Å². The monoisotopic (exact) mass is 314 g/mol. The molecular formula is C18H19ClN2O. The molecule has 0 radical (unpaired) electrons. The molecule has 114 valence electrons. The van der Waals surface area contributed by atoms with E-state index in [1.807, 2.05) is 31.3 Å². The summed E-state index contributed by atoms with van der Waals surface area (Å²) in [6, 6.07) is 16.0. The van der Waals surface area contributed by atoms with Crippen LogP contribution in [-0.4, -0.2) is 16.6 Å². The number of halogens is 1. The van der Waals surface area contributed by atoms with Gasteiger partial charge in [0.2, 0.25) is 0 Å². The summed E-state index contributed by atoms with van der Waals surface area (Å²) in [5, 5.41) is 13.2. The molecule has 3 N–H and O–H groups in total. The van der Waals surface area contributed by atoms with E-state index in [4.69, 9.17) is 0 Å². The Bertz CT molecular complexity index is 760. The molecule has 1 heterocycles. The molecule has 0 aliphatic heterocycles. The van der Waals surface area contributed by atoms with Gasteiger partial charge in [-0.2, -0.15) is 0 Å². The molecule has 3 rings (SSSR count). The number of phenolic OH excluding ortho intramolecular Hbond substituents is 1. The number of quaternary nitrogens is 1. The topological polar surface area (TPSA) is 49.7 Å². The molecule has 3 aromatic rings. The van der Waals surface area contributed by atoms with Crippen molar-refractivity contribution in [2.24, 2.45) is 0 Å². The second kappa shape index (κ2) is 7.25. The number of fused-ring (bicyclic) bond motifs is 1. The Morgan fingerprint density at radius 3 is 2.59 bits per heavy atom. The first-order valence-corrected chi connectivity index (χ1v) is 7.20. The van der Waals surface area contributed by atoms with E-state index in [0.717, 1.165) is 35.1 Å². The van der Waals surface area contributed by atoms with E-state index in [1.165, 1.54) is 5.56 Å². The lowest BCUT2D eigenvalue weighted by Crippen LogP contribution is -3.00. The molecular weight excluding hydrogens is 296 g/mol. The van der Waals surface area contributed by atoms with Gasteiger partial charge in [-0.15, -0.1) is 0 Å². The van der Waals surface area contributed by atoms with Gasteiger partial charge in [0, 0.05) is 18.7 Å². The number of hydrogen-bond donors (Lipinski definition) is 2. The van der Waals surface area contributed by atoms with Crippen molar-refractivity contribution in [3.05, 3.63) is 65.9 Å². The lowest BCUT2D eigenvalue weighted by Gasteiger charge is -2.08. The summed E-state index contributed by atoms with van der Waals surface area (Å²) < 4.78 is 0. The average molecular weight is 315 g/mol. The average Bonchev–Trinajstić information content (AvgIpc) is 2.52. The van der Waals surface area contributed by atoms with E-state index < -0.39 is 0 Å². The first-order valence-electron chi connectivity index (χ1n) is 7.20. The number of nitrogens with two attached hydrogens (primary N) is 1. The van der Waals surface area contributed by atoms with Gasteiger partial charge >= 0.3 is 0 Å². The van der Waals surface area contributed by atoms with Gasteiger partial charge in [-0.1, -0.05) is 36.4 Å². The van der Waals surface area contributed by atoms with Crippen LogP contribution >= 0.6 is 0 Å². The minimum absolute atomic E-state index is 0. The number of aromatic hydroxyl groups is 1. The first-order chi connectivity index (χ1) is 10.3. The van der Waals surface area contributed by atoms with E-state index >= 15 is 0 Å². The van der Waals surface area contributed by atoms with Gasteiger partial charge in [-0.25, -0.2) is 0 Å². The lowest BCUT2D eigenvalue weighted by atomic mass is 10.1. The fourth-order valence-electron chi connectivity index (χ4n) is 2.62. The molecule has 0 fully saturated rings. The van der Waals surface area contributed by atoms with Gasteiger partial charge in [0.15, 0.2) is 0 Å². The Kier molecular flexibility index (Phi) is 5.36. The molecule has 3 nitrogen and oxygen atoms in total. The molecule has 0 aliphatic carbocycles. The summed E-state index contributed by atoms with van der Waals surface area (Å²) in [5.74, 6) is 0.301. The molecule has 0 unspecified atom stereocenters. The molecule has 0 saturated heterocycles. The number of phenols is 1. The maximum atomic E-state index is 10.1. The van der Waals surface area contributed by atoms with E-state index in [1.54, 1.807) is 6.07 Å². The lowest BCUT2D eigenvalue weighted by molar-refractivity contribution is -0.569. The van der Waals surface area contributed by atoms with Crippen molar-refractivity contribution in [3.63, 3.8) is 0 Å². The highest BCUT2D eigenvalue weighted by Gasteiger charge is 2.11. The minimum atomic E-state index is 0. The van der Waals surface area contributed by atoms with Crippen molar-refractivity contribution in [1.29, 1.82) is 0 Å². The SMILES string of the molecule is Cc1ccc(O)c2c([NH2+]CCc3ccccc3)ccnc12.[Cl-]. The van der Waals surface area contributed by atoms with Gasteiger partial charge in [-0.3, -0.25) is 4.98 Å². The summed E-state index contributed by atoms with van der Waals surface area (Å²) in [6.45, 7) is 2.96. The molecule has 0 spiro atoms. The van der Waals surface area contributed by atoms with Crippen LogP contribution in [0.15, 0.2) is 54.7 Å². The second-order valence-electron chi connectivity index (χ2n) is 5.25. The summed E-state index contributed by atoms with van der Waals surface area (Å²) in [5.41, 5.74) is 4.34. The quantitative estimate of drug-likeness (QED) is 0.694. The van der Waals surface area contributed by atoms with E-state index in [2.05, 4.69) is 34.6 Å². The number of aryl methyl sites for hydroxylation is 1. The fraction of sp³-hybridized carbons (Fsp3) is 0.167. The van der Waals surface area contributed by atoms with Crippen LogP contribution in [-0.2, 0) is 6.42 Å². The summed E-state index contributed by atoms with van der Waals surface area (Å²) >= 11 is 0. The van der Waals surface area contributed by atoms with Gasteiger partial charge in [0.05, 0.1) is 12.1 Å². The second-order valence-corrected chi connectivity index (χ2v) is 5.25. The highest BCUT2D eigenvalue weighted by atomic mass is 35.5. The van der Waals surface area contributed by atoms with Crippen molar-refractivity contribution < 1.29 is 22.8 Å². The van der Waals surface area contributed by atoms with E-state index in [9.17, 15) is 5.11 Å². The molecule has 22 heavy (non-hydrogen) atoms. The molecule has 0 amide bonds. The molecule has 2 aromatic carbocycles. The Labute approximate surface area is 136 Å². The van der Waals surface area contributed by atoms with Crippen molar-refractivity contribution in [2.75, 3.05) is 6.54 Å². The molecule has 0 atom stereocenters. The highest BCUT2D eigenvalue weighted by molar-refractivity contribution is 5.94. The van der Waals surface area contributed by atoms with Gasteiger partial charge in [-0.05, 0) is 24.1 Å². The van der Waals surface area contributed by atoms with Gasteiger partial charge < -0.3 is 22.8 Å². The van der Waals surface area contributed by atoms with Crippen molar-refractivity contribution in [1.82, 2.24) is 4.98 Å². The third kappa shape index (κ3) is 3.38. The maximum Gasteiger partial charge on any atom is 0.144 e. The number of nitrogens with zero attached hydrogens (tertiary/aromatic N) is 1. The molecule has 0 aliphatic rings. The van der Waals surface area contributed by atoms with Gasteiger partial charge in [0.25, 0.3) is 0 Å². The van der Waals surface area contributed by atoms with Crippen LogP contribution in [0.5, 0.6) is 5.75 Å². The zero-order chi connectivity index (χ0) is 14.7. The number of aromatic nitrogens is 1. The van der Waals surface area contributed by atoms with Crippen LogP contribution in [0.4, 0.5) is 5.69 Å². The van der Waals surface area contributed by atoms with Crippen molar-refractivity contribution in [3.8, 4) is 5.75 Å². The van der Waals surface area contributed by atoms with Crippen molar-refractivity contribution in [2.45, 2.75) is 13.3 Å². The smallest absolute Gasteiger partial charge is 0.144 e. The molecule has 0 saturated carbocycles. The highest BCUT2D eigenvalue weighted by Crippen LogP contribution is 2.29. The first kappa shape index (κ1) is 16.3. The molecule has 1 aromatic heterocycles. The Morgan fingerprint density at radius 1 is 1.05 bits per heavy atom. The fourth-order valence-corrected chi connectivity index (χ4v) is 2.62. The Hall–Kier alpha value is -2.10. The number of rotatable bonds is 4. The predicted molar refractivity (Wildman–Crippen MR) is 84.7 cm³/mol. The van der Waals surface area contributed by atoms with Crippen LogP contribution in [0, 0.1) is 6.92 Å². The van der Waals surface area contributed by atoms with Crippen LogP contribution in [0.1, 0.15) is 11.1 Å². The minimum Gasteiger partial charge on any atom is -1.00 e. The summed E-state index contributed by atoms with van der Waals surface area (Å²) in [7, 11) is 0. The van der Waals surface area contributed by atoms with E-state index in [-0.39, 0.29) is 12.4 Å². The zero-order valence-corrected chi connectivity index (χ0v) is 13.2. The summed E-state index contributed by atoms with van der Waals surface area (Å²) in [4.78, 5) is 4.39. The largest absolute Gasteiger partial charge is 1.00 e. The predicted octanol–water partition coefficient (Wildman–Crippen LogP) is -0.310. The van der Waals surface area contributed by atoms with Crippen LogP contribution < -0.4 is 17.7 Å². The molecule has 0 bridgehead atoms. The third-order valence-corrected chi connectivity index (χ3v) is 3.74.